The van der Waals surface area contributed by atoms with E-state index in [1.165, 1.54) is 7.05 Å². The zero-order chi connectivity index (χ0) is 14.6. The predicted octanol–water partition coefficient (Wildman–Crippen LogP) is 0.948. The van der Waals surface area contributed by atoms with Crippen LogP contribution in [0.2, 0.25) is 0 Å². The van der Waals surface area contributed by atoms with Crippen LogP contribution in [0.15, 0.2) is 16.6 Å². The Labute approximate surface area is 116 Å². The van der Waals surface area contributed by atoms with E-state index in [1.54, 1.807) is 0 Å². The number of hydrogen-bond donors (Lipinski definition) is 2. The number of hydrogen-bond acceptors (Lipinski definition) is 5. The normalized spacial score (nSPS) is 11.9. The third-order valence-corrected chi connectivity index (χ3v) is 2.90. The molecule has 1 rings (SSSR count). The van der Waals surface area contributed by atoms with E-state index < -0.39 is 28.4 Å². The van der Waals surface area contributed by atoms with Crippen LogP contribution in [-0.4, -0.2) is 30.5 Å². The number of nitrogens with zero attached hydrogens (tertiary/aromatic N) is 1. The summed E-state index contributed by atoms with van der Waals surface area (Å²) in [6, 6.07) is 1.03. The third kappa shape index (κ3) is 3.86. The molecule has 9 heteroatoms. The van der Waals surface area contributed by atoms with E-state index in [9.17, 15) is 19.3 Å². The van der Waals surface area contributed by atoms with E-state index in [2.05, 4.69) is 21.2 Å². The molecule has 104 valence electrons. The van der Waals surface area contributed by atoms with Crippen molar-refractivity contribution in [2.24, 2.45) is 5.73 Å². The molecule has 7 nitrogen and oxygen atoms in total. The molecule has 0 aromatic heterocycles. The lowest BCUT2D eigenvalue weighted by Crippen LogP contribution is -2.43. The summed E-state index contributed by atoms with van der Waals surface area (Å²) in [5, 5.41) is 13.4. The van der Waals surface area contributed by atoms with E-state index in [0.29, 0.717) is 0 Å². The number of likely N-dealkylation sites (N-methyl/N-ethyl adjacent to an activating group) is 1. The van der Waals surface area contributed by atoms with Gasteiger partial charge in [0.05, 0.1) is 9.40 Å². The lowest BCUT2D eigenvalue weighted by molar-refractivity contribution is -0.386. The summed E-state index contributed by atoms with van der Waals surface area (Å²) in [6.07, 6.45) is 0. The number of rotatable bonds is 6. The van der Waals surface area contributed by atoms with Crippen LogP contribution in [-0.2, 0) is 4.79 Å². The standard InChI is InChI=1S/C10H11BrFN3O4/c1-14-7(10(13)16)4-19-9-3-6(12)5(11)2-8(9)15(17)18/h2-3,7,14H,4H2,1H3,(H2,13,16). The smallest absolute Gasteiger partial charge is 0.312 e. The molecule has 1 atom stereocenters. The van der Waals surface area contributed by atoms with Gasteiger partial charge in [-0.05, 0) is 23.0 Å². The number of nitro benzene ring substituents is 1. The monoisotopic (exact) mass is 335 g/mol. The van der Waals surface area contributed by atoms with Crippen molar-refractivity contribution in [3.05, 3.63) is 32.5 Å². The minimum atomic E-state index is -0.827. The quantitative estimate of drug-likeness (QED) is 0.594. The van der Waals surface area contributed by atoms with Crippen molar-refractivity contribution in [2.75, 3.05) is 13.7 Å². The fourth-order valence-electron chi connectivity index (χ4n) is 1.26. The Balaban J connectivity index is 2.97. The maximum absolute atomic E-state index is 13.3. The summed E-state index contributed by atoms with van der Waals surface area (Å²) in [5.74, 6) is -1.66. The Bertz CT molecular complexity index is 512. The number of nitrogens with two attached hydrogens (primary N) is 1. The molecule has 1 aromatic carbocycles. The number of carbonyl (C=O) groups is 1. The summed E-state index contributed by atoms with van der Waals surface area (Å²) in [4.78, 5) is 21.1. The molecule has 3 N–H and O–H groups in total. The van der Waals surface area contributed by atoms with Crippen LogP contribution in [0, 0.1) is 15.9 Å². The summed E-state index contributed by atoms with van der Waals surface area (Å²) in [7, 11) is 1.48. The van der Waals surface area contributed by atoms with Gasteiger partial charge in [0.15, 0.2) is 5.75 Å². The lowest BCUT2D eigenvalue weighted by Gasteiger charge is -2.13. The topological polar surface area (TPSA) is 107 Å². The van der Waals surface area contributed by atoms with Crippen molar-refractivity contribution in [2.45, 2.75) is 6.04 Å². The number of halogens is 2. The maximum Gasteiger partial charge on any atom is 0.312 e. The molecule has 1 aromatic rings. The highest BCUT2D eigenvalue weighted by atomic mass is 79.9. The molecule has 19 heavy (non-hydrogen) atoms. The minimum Gasteiger partial charge on any atom is -0.485 e. The number of nitrogens with one attached hydrogen (secondary N) is 1. The SMILES string of the molecule is CNC(COc1cc(F)c(Br)cc1[N+](=O)[O-])C(N)=O. The van der Waals surface area contributed by atoms with Gasteiger partial charge in [0.25, 0.3) is 0 Å². The summed E-state index contributed by atoms with van der Waals surface area (Å²) >= 11 is 2.84. The van der Waals surface area contributed by atoms with E-state index in [1.807, 2.05) is 0 Å². The maximum atomic E-state index is 13.3. The van der Waals surface area contributed by atoms with Crippen LogP contribution in [0.3, 0.4) is 0 Å². The molecule has 0 bridgehead atoms. The van der Waals surface area contributed by atoms with Crippen molar-refractivity contribution in [3.8, 4) is 5.75 Å². The van der Waals surface area contributed by atoms with E-state index in [-0.39, 0.29) is 16.8 Å². The van der Waals surface area contributed by atoms with E-state index in [0.717, 1.165) is 12.1 Å². The van der Waals surface area contributed by atoms with Crippen LogP contribution < -0.4 is 15.8 Å². The van der Waals surface area contributed by atoms with Gasteiger partial charge in [-0.2, -0.15) is 0 Å². The van der Waals surface area contributed by atoms with Crippen molar-refractivity contribution in [1.82, 2.24) is 5.32 Å². The average Bonchev–Trinajstić information content (AvgIpc) is 2.33. The molecule has 0 fully saturated rings. The highest BCUT2D eigenvalue weighted by molar-refractivity contribution is 9.10. The minimum absolute atomic E-state index is 0.0494. The molecule has 0 radical (unpaired) electrons. The Morgan fingerprint density at radius 1 is 1.68 bits per heavy atom. The highest BCUT2D eigenvalue weighted by Gasteiger charge is 2.21. The third-order valence-electron chi connectivity index (χ3n) is 2.30. The lowest BCUT2D eigenvalue weighted by atomic mass is 10.2. The van der Waals surface area contributed by atoms with Gasteiger partial charge in [0.2, 0.25) is 5.91 Å². The summed E-state index contributed by atoms with van der Waals surface area (Å²) in [5.41, 5.74) is 4.66. The molecule has 1 unspecified atom stereocenters. The Kier molecular flexibility index (Phi) is 5.19. The number of benzene rings is 1. The second-order valence-electron chi connectivity index (χ2n) is 3.55. The first kappa shape index (κ1) is 15.3. The predicted molar refractivity (Wildman–Crippen MR) is 68.3 cm³/mol. The number of primary amides is 1. The van der Waals surface area contributed by atoms with Crippen LogP contribution in [0.25, 0.3) is 0 Å². The van der Waals surface area contributed by atoms with Gasteiger partial charge in [-0.15, -0.1) is 0 Å². The Morgan fingerprint density at radius 2 is 2.32 bits per heavy atom. The van der Waals surface area contributed by atoms with Crippen molar-refractivity contribution in [1.29, 1.82) is 0 Å². The molecular formula is C10H11BrFN3O4. The van der Waals surface area contributed by atoms with Crippen molar-refractivity contribution < 1.29 is 18.8 Å². The molecule has 0 aliphatic rings. The van der Waals surface area contributed by atoms with Gasteiger partial charge >= 0.3 is 5.69 Å². The Hall–Kier alpha value is -1.74. The molecule has 0 aliphatic carbocycles. The highest BCUT2D eigenvalue weighted by Crippen LogP contribution is 2.32. The van der Waals surface area contributed by atoms with Crippen LogP contribution in [0.4, 0.5) is 10.1 Å². The van der Waals surface area contributed by atoms with Crippen LogP contribution in [0.1, 0.15) is 0 Å². The second-order valence-corrected chi connectivity index (χ2v) is 4.40. The zero-order valence-electron chi connectivity index (χ0n) is 9.85. The first-order valence-corrected chi connectivity index (χ1v) is 5.89. The largest absolute Gasteiger partial charge is 0.485 e. The summed E-state index contributed by atoms with van der Waals surface area (Å²) in [6.45, 7) is -0.242. The first-order chi connectivity index (χ1) is 8.86. The molecule has 0 spiro atoms. The van der Waals surface area contributed by atoms with Crippen molar-refractivity contribution in [3.63, 3.8) is 0 Å². The van der Waals surface area contributed by atoms with Gasteiger partial charge < -0.3 is 15.8 Å². The summed E-state index contributed by atoms with van der Waals surface area (Å²) < 4.78 is 18.4. The zero-order valence-corrected chi connectivity index (χ0v) is 11.4. The second kappa shape index (κ2) is 6.43. The van der Waals surface area contributed by atoms with Gasteiger partial charge in [-0.25, -0.2) is 4.39 Å². The Morgan fingerprint density at radius 3 is 2.79 bits per heavy atom. The van der Waals surface area contributed by atoms with Gasteiger partial charge in [-0.3, -0.25) is 14.9 Å². The molecule has 0 saturated carbocycles. The van der Waals surface area contributed by atoms with Crippen LogP contribution >= 0.6 is 15.9 Å². The first-order valence-electron chi connectivity index (χ1n) is 5.09. The fourth-order valence-corrected chi connectivity index (χ4v) is 1.59. The fraction of sp³-hybridized carbons (Fsp3) is 0.300. The number of amides is 1. The molecule has 0 saturated heterocycles. The van der Waals surface area contributed by atoms with E-state index >= 15 is 0 Å². The molecule has 1 amide bonds. The van der Waals surface area contributed by atoms with Gasteiger partial charge in [-0.1, -0.05) is 0 Å². The molecular weight excluding hydrogens is 325 g/mol. The molecule has 0 heterocycles. The van der Waals surface area contributed by atoms with Gasteiger partial charge in [0, 0.05) is 12.1 Å². The van der Waals surface area contributed by atoms with Gasteiger partial charge in [0.1, 0.15) is 18.5 Å². The number of ether oxygens (including phenoxy) is 1. The molecule has 0 aliphatic heterocycles. The van der Waals surface area contributed by atoms with Crippen LogP contribution in [0.5, 0.6) is 5.75 Å². The number of nitro groups is 1. The van der Waals surface area contributed by atoms with Crippen molar-refractivity contribution >= 4 is 27.5 Å². The van der Waals surface area contributed by atoms with E-state index in [4.69, 9.17) is 10.5 Å². The number of carbonyl (C=O) groups excluding carboxylic acids is 1. The average molecular weight is 336 g/mol.